The summed E-state index contributed by atoms with van der Waals surface area (Å²) in [6, 6.07) is 0.818. The third-order valence-corrected chi connectivity index (χ3v) is 3.38. The topological polar surface area (TPSA) is 12.5 Å². The van der Waals surface area contributed by atoms with Crippen molar-refractivity contribution in [3.8, 4) is 0 Å². The molecular formula is C9H17NO. The van der Waals surface area contributed by atoms with Crippen LogP contribution < -0.4 is 0 Å². The van der Waals surface area contributed by atoms with Crippen molar-refractivity contribution in [3.05, 3.63) is 0 Å². The van der Waals surface area contributed by atoms with Crippen molar-refractivity contribution in [1.29, 1.82) is 0 Å². The molecule has 1 aliphatic carbocycles. The van der Waals surface area contributed by atoms with E-state index in [4.69, 9.17) is 4.74 Å². The third kappa shape index (κ3) is 1.18. The lowest BCUT2D eigenvalue weighted by Crippen LogP contribution is -2.34. The predicted octanol–water partition coefficient (Wildman–Crippen LogP) is 1.12. The van der Waals surface area contributed by atoms with E-state index in [0.29, 0.717) is 6.10 Å². The van der Waals surface area contributed by atoms with Gasteiger partial charge in [-0.25, -0.2) is 0 Å². The van der Waals surface area contributed by atoms with Crippen molar-refractivity contribution in [1.82, 2.24) is 4.90 Å². The van der Waals surface area contributed by atoms with Gasteiger partial charge < -0.3 is 9.64 Å². The van der Waals surface area contributed by atoms with Crippen LogP contribution >= 0.6 is 0 Å². The summed E-state index contributed by atoms with van der Waals surface area (Å²) >= 11 is 0. The fraction of sp³-hybridized carbons (Fsp3) is 1.00. The van der Waals surface area contributed by atoms with Crippen LogP contribution in [0, 0.1) is 5.92 Å². The average Bonchev–Trinajstić information content (AvgIpc) is 2.37. The number of methoxy groups -OCH3 is 1. The number of nitrogens with zero attached hydrogens (tertiary/aromatic N) is 1. The van der Waals surface area contributed by atoms with Crippen molar-refractivity contribution in [3.63, 3.8) is 0 Å². The first-order valence-electron chi connectivity index (χ1n) is 4.54. The van der Waals surface area contributed by atoms with Crippen LogP contribution in [0.4, 0.5) is 0 Å². The van der Waals surface area contributed by atoms with Crippen LogP contribution in [-0.2, 0) is 4.74 Å². The Bertz CT molecular complexity index is 148. The van der Waals surface area contributed by atoms with Crippen molar-refractivity contribution in [2.75, 3.05) is 20.7 Å². The normalized spacial score (nSPS) is 44.7. The molecule has 0 radical (unpaired) electrons. The monoisotopic (exact) mass is 155 g/mol. The number of ether oxygens (including phenoxy) is 1. The Kier molecular flexibility index (Phi) is 1.90. The summed E-state index contributed by atoms with van der Waals surface area (Å²) in [7, 11) is 4.09. The highest BCUT2D eigenvalue weighted by Crippen LogP contribution is 2.37. The van der Waals surface area contributed by atoms with E-state index in [2.05, 4.69) is 11.9 Å². The lowest BCUT2D eigenvalue weighted by atomic mass is 9.98. The molecule has 11 heavy (non-hydrogen) atoms. The van der Waals surface area contributed by atoms with Gasteiger partial charge in [-0.2, -0.15) is 0 Å². The fourth-order valence-electron chi connectivity index (χ4n) is 2.56. The molecule has 0 aromatic carbocycles. The Hall–Kier alpha value is -0.0800. The van der Waals surface area contributed by atoms with Crippen LogP contribution in [0.3, 0.4) is 0 Å². The van der Waals surface area contributed by atoms with Crippen molar-refractivity contribution >= 4 is 0 Å². The Labute approximate surface area is 68.5 Å². The minimum Gasteiger partial charge on any atom is -0.381 e. The number of hydrogen-bond donors (Lipinski definition) is 0. The van der Waals surface area contributed by atoms with E-state index in [1.165, 1.54) is 25.8 Å². The van der Waals surface area contributed by atoms with Gasteiger partial charge in [-0.15, -0.1) is 0 Å². The van der Waals surface area contributed by atoms with E-state index in [-0.39, 0.29) is 0 Å². The minimum absolute atomic E-state index is 0.560. The number of likely N-dealkylation sites (tertiary alicyclic amines) is 1. The van der Waals surface area contributed by atoms with Crippen LogP contribution in [0.2, 0.25) is 0 Å². The standard InChI is InChI=1S/C9H17NO/c1-10-4-3-7-5-8(10)6-9(7)11-2/h7-9H,3-6H2,1-2H3. The van der Waals surface area contributed by atoms with Gasteiger partial charge in [-0.1, -0.05) is 0 Å². The highest BCUT2D eigenvalue weighted by Gasteiger charge is 2.39. The molecule has 0 amide bonds. The van der Waals surface area contributed by atoms with Gasteiger partial charge in [0.15, 0.2) is 0 Å². The minimum atomic E-state index is 0.560. The van der Waals surface area contributed by atoms with E-state index in [0.717, 1.165) is 12.0 Å². The number of piperidine rings is 1. The van der Waals surface area contributed by atoms with E-state index >= 15 is 0 Å². The van der Waals surface area contributed by atoms with Gasteiger partial charge in [0.25, 0.3) is 0 Å². The SMILES string of the molecule is COC1CC2CC1CCN2C. The molecule has 0 aromatic rings. The fourth-order valence-corrected chi connectivity index (χ4v) is 2.56. The summed E-state index contributed by atoms with van der Waals surface area (Å²) < 4.78 is 5.45. The first-order chi connectivity index (χ1) is 5.31. The van der Waals surface area contributed by atoms with Gasteiger partial charge in [-0.05, 0) is 38.8 Å². The molecular weight excluding hydrogens is 138 g/mol. The zero-order valence-corrected chi connectivity index (χ0v) is 7.42. The molecule has 2 fully saturated rings. The molecule has 2 bridgehead atoms. The van der Waals surface area contributed by atoms with Crippen molar-refractivity contribution in [2.45, 2.75) is 31.4 Å². The molecule has 1 saturated carbocycles. The molecule has 2 aliphatic rings. The van der Waals surface area contributed by atoms with Crippen LogP contribution in [0.25, 0.3) is 0 Å². The highest BCUT2D eigenvalue weighted by atomic mass is 16.5. The molecule has 0 N–H and O–H groups in total. The Balaban J connectivity index is 2.03. The predicted molar refractivity (Wildman–Crippen MR) is 44.6 cm³/mol. The maximum Gasteiger partial charge on any atom is 0.0615 e. The zero-order valence-electron chi connectivity index (χ0n) is 7.42. The molecule has 2 rings (SSSR count). The zero-order chi connectivity index (χ0) is 7.84. The van der Waals surface area contributed by atoms with Gasteiger partial charge in [0.1, 0.15) is 0 Å². The molecule has 1 heterocycles. The summed E-state index contributed by atoms with van der Waals surface area (Å²) in [6.07, 6.45) is 4.53. The maximum atomic E-state index is 5.45. The van der Waals surface area contributed by atoms with E-state index in [1.54, 1.807) is 0 Å². The lowest BCUT2D eigenvalue weighted by molar-refractivity contribution is 0.0697. The first kappa shape index (κ1) is 7.56. The number of hydrogen-bond acceptors (Lipinski definition) is 2. The summed E-state index contributed by atoms with van der Waals surface area (Å²) in [5.41, 5.74) is 0. The molecule has 1 aliphatic heterocycles. The van der Waals surface area contributed by atoms with Gasteiger partial charge in [0, 0.05) is 13.2 Å². The molecule has 64 valence electrons. The summed E-state index contributed by atoms with van der Waals surface area (Å²) in [5.74, 6) is 0.862. The summed E-state index contributed by atoms with van der Waals surface area (Å²) in [6.45, 7) is 1.27. The van der Waals surface area contributed by atoms with Crippen LogP contribution in [0.5, 0.6) is 0 Å². The molecule has 1 saturated heterocycles. The summed E-state index contributed by atoms with van der Waals surface area (Å²) in [4.78, 5) is 2.48. The Morgan fingerprint density at radius 1 is 1.36 bits per heavy atom. The lowest BCUT2D eigenvalue weighted by Gasteiger charge is -2.29. The van der Waals surface area contributed by atoms with Crippen LogP contribution in [-0.4, -0.2) is 37.7 Å². The van der Waals surface area contributed by atoms with Crippen molar-refractivity contribution in [2.24, 2.45) is 5.92 Å². The molecule has 3 unspecified atom stereocenters. The Morgan fingerprint density at radius 3 is 2.82 bits per heavy atom. The molecule has 2 heteroatoms. The molecule has 0 aromatic heterocycles. The number of rotatable bonds is 1. The van der Waals surface area contributed by atoms with E-state index < -0.39 is 0 Å². The largest absolute Gasteiger partial charge is 0.381 e. The van der Waals surface area contributed by atoms with Crippen LogP contribution in [0.15, 0.2) is 0 Å². The van der Waals surface area contributed by atoms with Gasteiger partial charge in [0.2, 0.25) is 0 Å². The second-order valence-corrected chi connectivity index (χ2v) is 3.93. The van der Waals surface area contributed by atoms with E-state index in [9.17, 15) is 0 Å². The molecule has 3 atom stereocenters. The molecule has 2 nitrogen and oxygen atoms in total. The quantitative estimate of drug-likeness (QED) is 0.562. The smallest absolute Gasteiger partial charge is 0.0615 e. The maximum absolute atomic E-state index is 5.45. The van der Waals surface area contributed by atoms with E-state index in [1.807, 2.05) is 7.11 Å². The van der Waals surface area contributed by atoms with Gasteiger partial charge >= 0.3 is 0 Å². The first-order valence-corrected chi connectivity index (χ1v) is 4.54. The highest BCUT2D eigenvalue weighted by molar-refractivity contribution is 4.93. The van der Waals surface area contributed by atoms with Crippen molar-refractivity contribution < 1.29 is 4.74 Å². The second-order valence-electron chi connectivity index (χ2n) is 3.93. The summed E-state index contributed by atoms with van der Waals surface area (Å²) in [5, 5.41) is 0. The number of fused-ring (bicyclic) bond motifs is 2. The Morgan fingerprint density at radius 2 is 2.18 bits per heavy atom. The molecule has 0 spiro atoms. The third-order valence-electron chi connectivity index (χ3n) is 3.38. The average molecular weight is 155 g/mol. The van der Waals surface area contributed by atoms with Gasteiger partial charge in [0.05, 0.1) is 6.10 Å². The van der Waals surface area contributed by atoms with Gasteiger partial charge in [-0.3, -0.25) is 0 Å². The van der Waals surface area contributed by atoms with Crippen LogP contribution in [0.1, 0.15) is 19.3 Å². The second kappa shape index (κ2) is 2.76.